The number of nitrogens with zero attached hydrogens (tertiary/aromatic N) is 3. The molecule has 5 nitrogen and oxygen atoms in total. The van der Waals surface area contributed by atoms with Crippen molar-refractivity contribution in [3.05, 3.63) is 65.0 Å². The van der Waals surface area contributed by atoms with Crippen molar-refractivity contribution in [2.45, 2.75) is 20.3 Å². The molecule has 132 valence electrons. The van der Waals surface area contributed by atoms with Gasteiger partial charge in [0, 0.05) is 22.7 Å². The fourth-order valence-corrected chi connectivity index (χ4v) is 4.19. The monoisotopic (exact) mass is 372 g/mol. The van der Waals surface area contributed by atoms with Gasteiger partial charge in [0.15, 0.2) is 5.78 Å². The molecule has 27 heavy (non-hydrogen) atoms. The Bertz CT molecular complexity index is 1350. The van der Waals surface area contributed by atoms with Gasteiger partial charge in [-0.2, -0.15) is 8.75 Å². The van der Waals surface area contributed by atoms with Crippen LogP contribution in [0.5, 0.6) is 0 Å². The number of hydrogen-bond acceptors (Lipinski definition) is 5. The van der Waals surface area contributed by atoms with Crippen molar-refractivity contribution in [2.75, 3.05) is 0 Å². The quantitative estimate of drug-likeness (QED) is 0.463. The maximum atomic E-state index is 13.1. The second kappa shape index (κ2) is 5.96. The average Bonchev–Trinajstić information content (AvgIpc) is 3.29. The Labute approximate surface area is 159 Å². The van der Waals surface area contributed by atoms with Gasteiger partial charge in [0.25, 0.3) is 0 Å². The van der Waals surface area contributed by atoms with Crippen LogP contribution in [0.1, 0.15) is 27.3 Å². The third-order valence-corrected chi connectivity index (χ3v) is 5.61. The molecule has 2 aromatic carbocycles. The van der Waals surface area contributed by atoms with E-state index in [4.69, 9.17) is 0 Å². The van der Waals surface area contributed by atoms with Gasteiger partial charge < -0.3 is 4.98 Å². The first kappa shape index (κ1) is 16.1. The SMILES string of the molecule is Cc1ccc2nsnc2c1CC(=O)c1cc2c([nH]c3ccccc32)c(C)n1. The topological polar surface area (TPSA) is 71.5 Å². The zero-order valence-electron chi connectivity index (χ0n) is 14.9. The first-order valence-corrected chi connectivity index (χ1v) is 9.47. The molecule has 6 heteroatoms. The molecule has 1 N–H and O–H groups in total. The standard InChI is InChI=1S/C21H16N4OS/c1-11-7-8-17-21(25-27-24-17)14(11)10-19(26)18-9-15-13-5-3-4-6-16(13)23-20(15)12(2)22-18/h3-9,23H,10H2,1-2H3. The molecule has 0 bridgehead atoms. The van der Waals surface area contributed by atoms with Gasteiger partial charge in [-0.25, -0.2) is 4.98 Å². The maximum Gasteiger partial charge on any atom is 0.185 e. The fraction of sp³-hybridized carbons (Fsp3) is 0.143. The highest BCUT2D eigenvalue weighted by Gasteiger charge is 2.17. The molecule has 0 aliphatic carbocycles. The lowest BCUT2D eigenvalue weighted by atomic mass is 9.99. The summed E-state index contributed by atoms with van der Waals surface area (Å²) < 4.78 is 8.66. The van der Waals surface area contributed by atoms with Crippen LogP contribution >= 0.6 is 11.7 Å². The Morgan fingerprint density at radius 3 is 2.81 bits per heavy atom. The number of hydrogen-bond donors (Lipinski definition) is 1. The molecule has 3 heterocycles. The molecule has 0 saturated carbocycles. The number of aromatic nitrogens is 4. The van der Waals surface area contributed by atoms with E-state index in [9.17, 15) is 4.79 Å². The zero-order chi connectivity index (χ0) is 18.5. The molecule has 0 saturated heterocycles. The van der Waals surface area contributed by atoms with E-state index in [0.717, 1.165) is 49.7 Å². The fourth-order valence-electron chi connectivity index (χ4n) is 3.63. The first-order chi connectivity index (χ1) is 13.1. The average molecular weight is 372 g/mol. The van der Waals surface area contributed by atoms with Crippen LogP contribution in [0.4, 0.5) is 0 Å². The van der Waals surface area contributed by atoms with E-state index in [1.807, 2.05) is 50.2 Å². The minimum atomic E-state index is -0.00567. The Balaban J connectivity index is 1.62. The van der Waals surface area contributed by atoms with Crippen molar-refractivity contribution in [3.8, 4) is 0 Å². The van der Waals surface area contributed by atoms with Crippen molar-refractivity contribution in [1.82, 2.24) is 18.7 Å². The Morgan fingerprint density at radius 1 is 1.07 bits per heavy atom. The lowest BCUT2D eigenvalue weighted by molar-refractivity contribution is 0.0988. The molecule has 0 atom stereocenters. The summed E-state index contributed by atoms with van der Waals surface area (Å²) in [6, 6.07) is 13.9. The highest BCUT2D eigenvalue weighted by atomic mass is 32.1. The van der Waals surface area contributed by atoms with Crippen molar-refractivity contribution in [1.29, 1.82) is 0 Å². The number of aromatic amines is 1. The molecule has 0 unspecified atom stereocenters. The van der Waals surface area contributed by atoms with Crippen LogP contribution in [0.25, 0.3) is 32.8 Å². The molecular weight excluding hydrogens is 356 g/mol. The van der Waals surface area contributed by atoms with E-state index >= 15 is 0 Å². The molecular formula is C21H16N4OS. The number of carbonyl (C=O) groups excluding carboxylic acids is 1. The van der Waals surface area contributed by atoms with E-state index in [1.54, 1.807) is 0 Å². The summed E-state index contributed by atoms with van der Waals surface area (Å²) in [6.07, 6.45) is 0.273. The Hall–Kier alpha value is -3.12. The third-order valence-electron chi connectivity index (χ3n) is 5.07. The number of carbonyl (C=O) groups is 1. The summed E-state index contributed by atoms with van der Waals surface area (Å²) >= 11 is 1.17. The Kier molecular flexibility index (Phi) is 3.55. The van der Waals surface area contributed by atoms with Crippen molar-refractivity contribution in [2.24, 2.45) is 0 Å². The lowest BCUT2D eigenvalue weighted by Crippen LogP contribution is -2.08. The Morgan fingerprint density at radius 2 is 1.93 bits per heavy atom. The predicted molar refractivity (Wildman–Crippen MR) is 109 cm³/mol. The summed E-state index contributed by atoms with van der Waals surface area (Å²) in [7, 11) is 0. The smallest absolute Gasteiger partial charge is 0.185 e. The molecule has 0 spiro atoms. The molecule has 0 fully saturated rings. The minimum absolute atomic E-state index is 0.00567. The van der Waals surface area contributed by atoms with Crippen LogP contribution in [-0.2, 0) is 6.42 Å². The number of Topliss-reactive ketones (excluding diaryl/α,β-unsaturated/α-hetero) is 1. The number of nitrogens with one attached hydrogen (secondary N) is 1. The van der Waals surface area contributed by atoms with Gasteiger partial charge in [-0.15, -0.1) is 0 Å². The van der Waals surface area contributed by atoms with Gasteiger partial charge in [0.2, 0.25) is 0 Å². The number of para-hydroxylation sites is 1. The number of pyridine rings is 1. The molecule has 0 aliphatic rings. The molecule has 0 radical (unpaired) electrons. The van der Waals surface area contributed by atoms with Gasteiger partial charge in [0.05, 0.1) is 22.9 Å². The lowest BCUT2D eigenvalue weighted by Gasteiger charge is -2.07. The van der Waals surface area contributed by atoms with Gasteiger partial charge in [-0.05, 0) is 43.2 Å². The first-order valence-electron chi connectivity index (χ1n) is 8.74. The second-order valence-corrected chi connectivity index (χ2v) is 7.31. The second-order valence-electron chi connectivity index (χ2n) is 6.78. The van der Waals surface area contributed by atoms with Crippen LogP contribution in [0.15, 0.2) is 42.5 Å². The number of fused-ring (bicyclic) bond motifs is 4. The number of H-pyrrole nitrogens is 1. The van der Waals surface area contributed by atoms with Crippen LogP contribution in [0.2, 0.25) is 0 Å². The van der Waals surface area contributed by atoms with Crippen LogP contribution in [0.3, 0.4) is 0 Å². The normalized spacial score (nSPS) is 11.6. The number of ketones is 1. The van der Waals surface area contributed by atoms with Gasteiger partial charge in [0.1, 0.15) is 16.7 Å². The van der Waals surface area contributed by atoms with Crippen molar-refractivity contribution in [3.63, 3.8) is 0 Å². The number of rotatable bonds is 3. The van der Waals surface area contributed by atoms with E-state index in [2.05, 4.69) is 24.8 Å². The van der Waals surface area contributed by atoms with Crippen LogP contribution in [-0.4, -0.2) is 24.5 Å². The largest absolute Gasteiger partial charge is 0.353 e. The summed E-state index contributed by atoms with van der Waals surface area (Å²) in [5, 5.41) is 2.14. The molecule has 0 amide bonds. The summed E-state index contributed by atoms with van der Waals surface area (Å²) in [6.45, 7) is 3.94. The molecule has 5 rings (SSSR count). The van der Waals surface area contributed by atoms with Crippen molar-refractivity contribution >= 4 is 50.4 Å². The van der Waals surface area contributed by atoms with Gasteiger partial charge >= 0.3 is 0 Å². The van der Waals surface area contributed by atoms with E-state index in [-0.39, 0.29) is 12.2 Å². The molecule has 3 aromatic heterocycles. The number of aryl methyl sites for hydroxylation is 2. The van der Waals surface area contributed by atoms with Crippen molar-refractivity contribution < 1.29 is 4.79 Å². The minimum Gasteiger partial charge on any atom is -0.353 e. The number of benzene rings is 2. The summed E-state index contributed by atoms with van der Waals surface area (Å²) in [4.78, 5) is 21.0. The third kappa shape index (κ3) is 2.52. The van der Waals surface area contributed by atoms with Gasteiger partial charge in [-0.1, -0.05) is 24.3 Å². The van der Waals surface area contributed by atoms with E-state index in [1.165, 1.54) is 11.7 Å². The molecule has 5 aromatic rings. The zero-order valence-corrected chi connectivity index (χ0v) is 15.7. The van der Waals surface area contributed by atoms with Gasteiger partial charge in [-0.3, -0.25) is 4.79 Å². The van der Waals surface area contributed by atoms with E-state index < -0.39 is 0 Å². The molecule has 0 aliphatic heterocycles. The highest BCUT2D eigenvalue weighted by Crippen LogP contribution is 2.28. The predicted octanol–water partition coefficient (Wildman–Crippen LogP) is 4.76. The van der Waals surface area contributed by atoms with Crippen LogP contribution < -0.4 is 0 Å². The summed E-state index contributed by atoms with van der Waals surface area (Å²) in [5.41, 5.74) is 6.99. The highest BCUT2D eigenvalue weighted by molar-refractivity contribution is 7.00. The maximum absolute atomic E-state index is 13.1. The summed E-state index contributed by atoms with van der Waals surface area (Å²) in [5.74, 6) is -0.00567. The van der Waals surface area contributed by atoms with E-state index in [0.29, 0.717) is 5.69 Å². The van der Waals surface area contributed by atoms with Crippen LogP contribution in [0, 0.1) is 13.8 Å².